The fraction of sp³-hybridized carbons (Fsp3) is 0.467. The minimum absolute atomic E-state index is 0.310. The summed E-state index contributed by atoms with van der Waals surface area (Å²) in [5.41, 5.74) is 0.179. The van der Waals surface area contributed by atoms with Gasteiger partial charge in [-0.3, -0.25) is 0 Å². The predicted molar refractivity (Wildman–Crippen MR) is 76.8 cm³/mol. The highest BCUT2D eigenvalue weighted by Crippen LogP contribution is 2.40. The van der Waals surface area contributed by atoms with E-state index >= 15 is 0 Å². The number of benzene rings is 1. The predicted octanol–water partition coefficient (Wildman–Crippen LogP) is 1.40. The molecule has 0 aliphatic carbocycles. The van der Waals surface area contributed by atoms with E-state index in [1.165, 1.54) is 4.90 Å². The van der Waals surface area contributed by atoms with Gasteiger partial charge in [-0.15, -0.1) is 0 Å². The molecule has 0 saturated heterocycles. The molecule has 1 unspecified atom stereocenters. The van der Waals surface area contributed by atoms with E-state index in [0.29, 0.717) is 16.9 Å². The molecular formula is C15H19N3O3. The quantitative estimate of drug-likeness (QED) is 0.818. The summed E-state index contributed by atoms with van der Waals surface area (Å²) in [6.45, 7) is 3.61. The molecule has 1 aromatic carbocycles. The van der Waals surface area contributed by atoms with Crippen LogP contribution in [0, 0.1) is 11.3 Å². The maximum Gasteiger partial charge on any atom is 0.317 e. The number of hydrogen-bond acceptors (Lipinski definition) is 4. The fourth-order valence-corrected chi connectivity index (χ4v) is 2.36. The molecule has 21 heavy (non-hydrogen) atoms. The lowest BCUT2D eigenvalue weighted by molar-refractivity contribution is -0.0240. The van der Waals surface area contributed by atoms with Gasteiger partial charge in [-0.05, 0) is 32.0 Å². The first-order valence-corrected chi connectivity index (χ1v) is 6.65. The Morgan fingerprint density at radius 1 is 1.48 bits per heavy atom. The van der Waals surface area contributed by atoms with E-state index in [-0.39, 0.29) is 6.03 Å². The average Bonchev–Trinajstić information content (AvgIpc) is 2.42. The van der Waals surface area contributed by atoms with Gasteiger partial charge in [0.1, 0.15) is 17.5 Å². The third-order valence-electron chi connectivity index (χ3n) is 3.58. The highest BCUT2D eigenvalue weighted by atomic mass is 16.5. The Hall–Kier alpha value is -2.26. The number of fused-ring (bicyclic) bond motifs is 1. The van der Waals surface area contributed by atoms with Crippen LogP contribution < -0.4 is 10.1 Å². The first kappa shape index (κ1) is 15.1. The van der Waals surface area contributed by atoms with E-state index in [2.05, 4.69) is 5.32 Å². The van der Waals surface area contributed by atoms with Crippen LogP contribution in [0.25, 0.3) is 0 Å². The summed E-state index contributed by atoms with van der Waals surface area (Å²) in [5, 5.41) is 22.3. The number of nitrogens with zero attached hydrogens (tertiary/aromatic N) is 2. The third-order valence-corrected chi connectivity index (χ3v) is 3.58. The Morgan fingerprint density at radius 3 is 2.71 bits per heavy atom. The van der Waals surface area contributed by atoms with Crippen LogP contribution in [0.2, 0.25) is 0 Å². The lowest BCUT2D eigenvalue weighted by Crippen LogP contribution is -2.59. The van der Waals surface area contributed by atoms with Gasteiger partial charge in [0.25, 0.3) is 0 Å². The van der Waals surface area contributed by atoms with Crippen molar-refractivity contribution in [2.24, 2.45) is 0 Å². The molecule has 1 aliphatic rings. The van der Waals surface area contributed by atoms with Crippen molar-refractivity contribution in [3.05, 3.63) is 29.3 Å². The van der Waals surface area contributed by atoms with E-state index in [1.54, 1.807) is 46.1 Å². The lowest BCUT2D eigenvalue weighted by atomic mass is 9.85. The van der Waals surface area contributed by atoms with Crippen molar-refractivity contribution in [2.45, 2.75) is 31.6 Å². The highest BCUT2D eigenvalue weighted by molar-refractivity contribution is 5.74. The Kier molecular flexibility index (Phi) is 3.79. The molecule has 0 spiro atoms. The molecule has 0 saturated carbocycles. The summed E-state index contributed by atoms with van der Waals surface area (Å²) < 4.78 is 5.88. The molecule has 2 rings (SSSR count). The number of aliphatic hydroxyl groups is 1. The van der Waals surface area contributed by atoms with Crippen LogP contribution >= 0.6 is 0 Å². The Balaban J connectivity index is 2.39. The summed E-state index contributed by atoms with van der Waals surface area (Å²) in [6, 6.07) is 6.00. The number of carbonyl (C=O) groups excluding carboxylic acids is 1. The summed E-state index contributed by atoms with van der Waals surface area (Å²) in [4.78, 5) is 13.3. The number of amides is 2. The van der Waals surface area contributed by atoms with Gasteiger partial charge in [-0.2, -0.15) is 5.26 Å². The summed E-state index contributed by atoms with van der Waals surface area (Å²) >= 11 is 0. The number of urea groups is 1. The van der Waals surface area contributed by atoms with E-state index < -0.39 is 17.7 Å². The molecule has 0 radical (unpaired) electrons. The molecule has 2 amide bonds. The summed E-state index contributed by atoms with van der Waals surface area (Å²) in [6.07, 6.45) is -0.944. The first-order chi connectivity index (χ1) is 9.76. The molecule has 6 heteroatoms. The smallest absolute Gasteiger partial charge is 0.317 e. The van der Waals surface area contributed by atoms with Gasteiger partial charge < -0.3 is 20.1 Å². The molecule has 1 aliphatic heterocycles. The molecule has 0 aromatic heterocycles. The average molecular weight is 289 g/mol. The highest BCUT2D eigenvalue weighted by Gasteiger charge is 2.44. The monoisotopic (exact) mass is 289 g/mol. The van der Waals surface area contributed by atoms with E-state index in [0.717, 1.165) is 0 Å². The normalized spacial score (nSPS) is 22.5. The van der Waals surface area contributed by atoms with Crippen molar-refractivity contribution in [3.63, 3.8) is 0 Å². The van der Waals surface area contributed by atoms with Crippen molar-refractivity contribution in [1.29, 1.82) is 5.26 Å². The number of nitrogens with one attached hydrogen (secondary N) is 1. The van der Waals surface area contributed by atoms with Crippen LogP contribution in [0.1, 0.15) is 31.1 Å². The maximum atomic E-state index is 11.9. The molecule has 112 valence electrons. The van der Waals surface area contributed by atoms with Gasteiger partial charge >= 0.3 is 6.03 Å². The van der Waals surface area contributed by atoms with Gasteiger partial charge in [-0.25, -0.2) is 4.79 Å². The van der Waals surface area contributed by atoms with Gasteiger partial charge in [0, 0.05) is 19.7 Å². The number of nitriles is 1. The topological polar surface area (TPSA) is 85.6 Å². The molecule has 0 bridgehead atoms. The molecule has 2 atom stereocenters. The minimum atomic E-state index is -0.944. The van der Waals surface area contributed by atoms with Crippen LogP contribution in [0.4, 0.5) is 4.79 Å². The van der Waals surface area contributed by atoms with Crippen molar-refractivity contribution in [3.8, 4) is 11.8 Å². The van der Waals surface area contributed by atoms with Crippen LogP contribution in [0.15, 0.2) is 18.2 Å². The zero-order chi connectivity index (χ0) is 15.8. The van der Waals surface area contributed by atoms with Gasteiger partial charge in [0.15, 0.2) is 0 Å². The fourth-order valence-electron chi connectivity index (χ4n) is 2.36. The zero-order valence-corrected chi connectivity index (χ0v) is 12.5. The number of aliphatic hydroxyl groups excluding tert-OH is 1. The van der Waals surface area contributed by atoms with Crippen LogP contribution in [-0.2, 0) is 0 Å². The Bertz CT molecular complexity index is 605. The molecule has 1 heterocycles. The van der Waals surface area contributed by atoms with Crippen molar-refractivity contribution < 1.29 is 14.6 Å². The van der Waals surface area contributed by atoms with Crippen LogP contribution in [0.5, 0.6) is 5.75 Å². The second kappa shape index (κ2) is 5.26. The number of ether oxygens (including phenoxy) is 1. The summed E-state index contributed by atoms with van der Waals surface area (Å²) in [7, 11) is 3.25. The second-order valence-corrected chi connectivity index (χ2v) is 5.84. The van der Waals surface area contributed by atoms with Crippen molar-refractivity contribution >= 4 is 6.03 Å². The largest absolute Gasteiger partial charge is 0.485 e. The van der Waals surface area contributed by atoms with Gasteiger partial charge in [-0.1, -0.05) is 0 Å². The molecule has 0 fully saturated rings. The number of rotatable bonds is 1. The van der Waals surface area contributed by atoms with Crippen LogP contribution in [0.3, 0.4) is 0 Å². The van der Waals surface area contributed by atoms with E-state index in [4.69, 9.17) is 10.00 Å². The standard InChI is InChI=1S/C15H19N3O3/c1-15(2)13(17-14(20)18(3)4)12(19)10-7-9(8-16)5-6-11(10)21-15/h5-7,12-13,19H,1-4H3,(H,17,20)/t12?,13-/m1/s1. The molecule has 1 aromatic rings. The van der Waals surface area contributed by atoms with E-state index in [1.807, 2.05) is 6.07 Å². The Labute approximate surface area is 123 Å². The molecule has 6 nitrogen and oxygen atoms in total. The van der Waals surface area contributed by atoms with Crippen LogP contribution in [-0.4, -0.2) is 41.8 Å². The third kappa shape index (κ3) is 2.78. The maximum absolute atomic E-state index is 11.9. The molecular weight excluding hydrogens is 270 g/mol. The summed E-state index contributed by atoms with van der Waals surface area (Å²) in [5.74, 6) is 0.529. The van der Waals surface area contributed by atoms with Crippen molar-refractivity contribution in [2.75, 3.05) is 14.1 Å². The van der Waals surface area contributed by atoms with Crippen molar-refractivity contribution in [1.82, 2.24) is 10.2 Å². The van der Waals surface area contributed by atoms with Gasteiger partial charge in [0.05, 0.1) is 17.7 Å². The zero-order valence-electron chi connectivity index (χ0n) is 12.5. The van der Waals surface area contributed by atoms with E-state index in [9.17, 15) is 9.90 Å². The number of hydrogen-bond donors (Lipinski definition) is 2. The second-order valence-electron chi connectivity index (χ2n) is 5.84. The lowest BCUT2D eigenvalue weighted by Gasteiger charge is -2.43. The molecule has 2 N–H and O–H groups in total. The van der Waals surface area contributed by atoms with Gasteiger partial charge in [0.2, 0.25) is 0 Å². The minimum Gasteiger partial charge on any atom is -0.485 e. The number of carbonyl (C=O) groups is 1. The Morgan fingerprint density at radius 2 is 2.14 bits per heavy atom. The SMILES string of the molecule is CN(C)C(=O)N[C@@H]1C(O)c2cc(C#N)ccc2OC1(C)C. The first-order valence-electron chi connectivity index (χ1n) is 6.65.